The van der Waals surface area contributed by atoms with Crippen LogP contribution in [0.1, 0.15) is 53.5 Å². The molecule has 0 saturated carbocycles. The lowest BCUT2D eigenvalue weighted by atomic mass is 9.92. The molecule has 6 nitrogen and oxygen atoms in total. The number of halogens is 6. The molecule has 1 aromatic heterocycles. The fourth-order valence-electron chi connectivity index (χ4n) is 3.36. The number of anilines is 1. The highest BCUT2D eigenvalue weighted by atomic mass is 19.4. The molecule has 0 atom stereocenters. The molecule has 0 bridgehead atoms. The molecule has 37 heavy (non-hydrogen) atoms. The van der Waals surface area contributed by atoms with Gasteiger partial charge in [0.15, 0.2) is 0 Å². The van der Waals surface area contributed by atoms with Crippen molar-refractivity contribution in [1.29, 1.82) is 0 Å². The van der Waals surface area contributed by atoms with Crippen LogP contribution in [0.15, 0.2) is 48.5 Å². The van der Waals surface area contributed by atoms with Crippen molar-refractivity contribution in [3.63, 3.8) is 0 Å². The van der Waals surface area contributed by atoms with E-state index in [2.05, 4.69) is 15.7 Å². The van der Waals surface area contributed by atoms with Gasteiger partial charge in [-0.1, -0.05) is 39.0 Å². The lowest BCUT2D eigenvalue weighted by Crippen LogP contribution is -2.33. The first-order chi connectivity index (χ1) is 17.0. The summed E-state index contributed by atoms with van der Waals surface area (Å²) in [7, 11) is 0. The molecular weight excluding hydrogens is 502 g/mol. The van der Waals surface area contributed by atoms with Crippen LogP contribution in [0.2, 0.25) is 0 Å². The largest absolute Gasteiger partial charge is 0.416 e. The highest BCUT2D eigenvalue weighted by Crippen LogP contribution is 2.36. The molecule has 2 aromatic carbocycles. The topological polar surface area (TPSA) is 76.0 Å². The van der Waals surface area contributed by atoms with E-state index in [-0.39, 0.29) is 17.3 Å². The second-order valence-corrected chi connectivity index (χ2v) is 9.39. The first kappa shape index (κ1) is 27.8. The molecule has 0 unspecified atom stereocenters. The van der Waals surface area contributed by atoms with Crippen LogP contribution in [0.5, 0.6) is 0 Å². The smallest absolute Gasteiger partial charge is 0.343 e. The van der Waals surface area contributed by atoms with E-state index in [1.165, 1.54) is 4.68 Å². The number of hydrogen-bond donors (Lipinski definition) is 2. The van der Waals surface area contributed by atoms with Gasteiger partial charge in [-0.15, -0.1) is 0 Å². The monoisotopic (exact) mass is 526 g/mol. The van der Waals surface area contributed by atoms with E-state index in [0.717, 1.165) is 5.56 Å². The predicted octanol–water partition coefficient (Wildman–Crippen LogP) is 5.88. The van der Waals surface area contributed by atoms with E-state index < -0.39 is 47.4 Å². The maximum absolute atomic E-state index is 13.1. The number of rotatable bonds is 5. The summed E-state index contributed by atoms with van der Waals surface area (Å²) in [5.41, 5.74) is -2.32. The van der Waals surface area contributed by atoms with Crippen LogP contribution < -0.4 is 10.6 Å². The van der Waals surface area contributed by atoms with Gasteiger partial charge in [0.1, 0.15) is 5.82 Å². The summed E-state index contributed by atoms with van der Waals surface area (Å²) in [4.78, 5) is 25.0. The number of carbonyl (C=O) groups excluding carboxylic acids is 2. The Balaban J connectivity index is 1.82. The number of alkyl halides is 6. The zero-order valence-electron chi connectivity index (χ0n) is 20.3. The fourth-order valence-corrected chi connectivity index (χ4v) is 3.36. The van der Waals surface area contributed by atoms with E-state index in [1.54, 1.807) is 18.2 Å². The van der Waals surface area contributed by atoms with Crippen LogP contribution in [0, 0.1) is 6.92 Å². The Morgan fingerprint density at radius 2 is 1.46 bits per heavy atom. The molecule has 3 aromatic rings. The quantitative estimate of drug-likeness (QED) is 0.408. The minimum Gasteiger partial charge on any atom is -0.343 e. The van der Waals surface area contributed by atoms with Crippen molar-refractivity contribution in [1.82, 2.24) is 15.1 Å². The lowest BCUT2D eigenvalue weighted by molar-refractivity contribution is -0.143. The molecule has 0 fully saturated rings. The Labute approximate surface area is 208 Å². The van der Waals surface area contributed by atoms with E-state index in [1.807, 2.05) is 39.8 Å². The molecular formula is C25H24F6N4O2. The zero-order valence-corrected chi connectivity index (χ0v) is 20.3. The van der Waals surface area contributed by atoms with Crippen molar-refractivity contribution in [2.75, 3.05) is 11.9 Å². The molecule has 0 spiro atoms. The molecule has 0 aliphatic heterocycles. The van der Waals surface area contributed by atoms with Crippen molar-refractivity contribution in [2.24, 2.45) is 0 Å². The van der Waals surface area contributed by atoms with Gasteiger partial charge in [0.2, 0.25) is 5.91 Å². The normalized spacial score (nSPS) is 12.4. The average Bonchev–Trinajstić information content (AvgIpc) is 3.20. The van der Waals surface area contributed by atoms with Gasteiger partial charge in [-0.3, -0.25) is 9.59 Å². The van der Waals surface area contributed by atoms with Gasteiger partial charge in [-0.25, -0.2) is 4.68 Å². The van der Waals surface area contributed by atoms with Crippen LogP contribution in [-0.2, 0) is 22.6 Å². The van der Waals surface area contributed by atoms with Crippen molar-refractivity contribution in [3.05, 3.63) is 76.5 Å². The van der Waals surface area contributed by atoms with Gasteiger partial charge in [0.25, 0.3) is 5.91 Å². The summed E-state index contributed by atoms with van der Waals surface area (Å²) in [6, 6.07) is 9.42. The summed E-state index contributed by atoms with van der Waals surface area (Å²) in [5, 5.41) is 9.24. The summed E-state index contributed by atoms with van der Waals surface area (Å²) in [6.07, 6.45) is -10.2. The first-order valence-electron chi connectivity index (χ1n) is 11.0. The number of aryl methyl sites for hydroxylation is 1. The molecule has 1 heterocycles. The van der Waals surface area contributed by atoms with Crippen LogP contribution in [0.25, 0.3) is 5.69 Å². The van der Waals surface area contributed by atoms with Crippen molar-refractivity contribution >= 4 is 17.6 Å². The maximum Gasteiger partial charge on any atom is 0.416 e. The van der Waals surface area contributed by atoms with E-state index in [0.29, 0.717) is 23.5 Å². The number of aromatic nitrogens is 2. The number of amides is 2. The van der Waals surface area contributed by atoms with Gasteiger partial charge in [-0.2, -0.15) is 31.4 Å². The van der Waals surface area contributed by atoms with Gasteiger partial charge >= 0.3 is 12.4 Å². The second kappa shape index (κ2) is 9.91. The van der Waals surface area contributed by atoms with E-state index in [9.17, 15) is 35.9 Å². The van der Waals surface area contributed by atoms with Gasteiger partial charge in [0.05, 0.1) is 29.1 Å². The van der Waals surface area contributed by atoms with Crippen LogP contribution in [0.4, 0.5) is 32.2 Å². The molecule has 0 saturated heterocycles. The highest BCUT2D eigenvalue weighted by molar-refractivity contribution is 5.99. The molecule has 198 valence electrons. The molecule has 0 radical (unpaired) electrons. The lowest BCUT2D eigenvalue weighted by Gasteiger charge is -2.14. The minimum absolute atomic E-state index is 0.0803. The average molecular weight is 526 g/mol. The third kappa shape index (κ3) is 6.69. The number of para-hydroxylation sites is 1. The summed E-state index contributed by atoms with van der Waals surface area (Å²) < 4.78 is 80.0. The van der Waals surface area contributed by atoms with Crippen LogP contribution in [-0.4, -0.2) is 28.1 Å². The maximum atomic E-state index is 13.1. The molecule has 12 heteroatoms. The Kier molecular flexibility index (Phi) is 7.43. The van der Waals surface area contributed by atoms with E-state index >= 15 is 0 Å². The standard InChI is InChI=1S/C25H24F6N4O2/c1-14-7-5-6-8-18(14)35-20(12-19(34-35)23(2,3)4)33-21(36)13-32-22(37)15-9-16(24(26,27)28)11-17(10-15)25(29,30)31/h5-12H,13H2,1-4H3,(H,32,37)(H,33,36). The second-order valence-electron chi connectivity index (χ2n) is 9.39. The first-order valence-corrected chi connectivity index (χ1v) is 11.0. The molecule has 0 aliphatic carbocycles. The Bertz CT molecular complexity index is 1290. The number of nitrogens with zero attached hydrogens (tertiary/aromatic N) is 2. The molecule has 2 N–H and O–H groups in total. The Morgan fingerprint density at radius 3 is 1.97 bits per heavy atom. The van der Waals surface area contributed by atoms with Crippen LogP contribution >= 0.6 is 0 Å². The molecule has 0 aliphatic rings. The van der Waals surface area contributed by atoms with Gasteiger partial charge in [0, 0.05) is 17.0 Å². The zero-order chi connectivity index (χ0) is 27.8. The number of nitrogens with one attached hydrogen (secondary N) is 2. The number of hydrogen-bond acceptors (Lipinski definition) is 3. The number of benzene rings is 2. The third-order valence-electron chi connectivity index (χ3n) is 5.35. The SMILES string of the molecule is Cc1ccccc1-n1nc(C(C)(C)C)cc1NC(=O)CNC(=O)c1cc(C(F)(F)F)cc(C(F)(F)F)c1. The van der Waals surface area contributed by atoms with Crippen molar-refractivity contribution in [3.8, 4) is 5.69 Å². The van der Waals surface area contributed by atoms with Crippen LogP contribution in [0.3, 0.4) is 0 Å². The predicted molar refractivity (Wildman–Crippen MR) is 124 cm³/mol. The number of carbonyl (C=O) groups is 2. The van der Waals surface area contributed by atoms with E-state index in [4.69, 9.17) is 0 Å². The highest BCUT2D eigenvalue weighted by Gasteiger charge is 2.37. The minimum atomic E-state index is -5.10. The van der Waals surface area contributed by atoms with Gasteiger partial charge < -0.3 is 10.6 Å². The van der Waals surface area contributed by atoms with Gasteiger partial charge in [-0.05, 0) is 36.8 Å². The summed E-state index contributed by atoms with van der Waals surface area (Å²) in [6.45, 7) is 6.92. The Hall–Kier alpha value is -3.83. The molecule has 3 rings (SSSR count). The summed E-state index contributed by atoms with van der Waals surface area (Å²) >= 11 is 0. The fraction of sp³-hybridized carbons (Fsp3) is 0.320. The third-order valence-corrected chi connectivity index (χ3v) is 5.35. The van der Waals surface area contributed by atoms with Crippen molar-refractivity contribution in [2.45, 2.75) is 45.5 Å². The molecule has 2 amide bonds. The summed E-state index contributed by atoms with van der Waals surface area (Å²) in [5.74, 6) is -1.75. The Morgan fingerprint density at radius 1 is 0.892 bits per heavy atom. The van der Waals surface area contributed by atoms with Crippen molar-refractivity contribution < 1.29 is 35.9 Å².